The number of halogens is 1. The molecular weight excluding hydrogens is 253 g/mol. The molecule has 0 aliphatic carbocycles. The molecule has 0 saturated carbocycles. The number of hydrogen-bond donors (Lipinski definition) is 0. The van der Waals surface area contributed by atoms with E-state index in [9.17, 15) is 4.79 Å². The zero-order valence-corrected chi connectivity index (χ0v) is 8.58. The highest BCUT2D eigenvalue weighted by Crippen LogP contribution is 2.32. The molecule has 0 radical (unpaired) electrons. The third-order valence-corrected chi connectivity index (χ3v) is 3.93. The second kappa shape index (κ2) is 2.92. The van der Waals surface area contributed by atoms with Gasteiger partial charge in [-0.2, -0.15) is 0 Å². The van der Waals surface area contributed by atoms with Gasteiger partial charge in [-0.25, -0.2) is 0 Å². The minimum absolute atomic E-state index is 0.383. The number of fused-ring (bicyclic) bond motifs is 1. The van der Waals surface area contributed by atoms with E-state index in [0.717, 1.165) is 13.0 Å². The fourth-order valence-electron chi connectivity index (χ4n) is 2.06. The summed E-state index contributed by atoms with van der Waals surface area (Å²) in [5.74, 6) is 0.383. The summed E-state index contributed by atoms with van der Waals surface area (Å²) in [5, 5.41) is 0. The van der Waals surface area contributed by atoms with Crippen LogP contribution in [0.25, 0.3) is 0 Å². The molecule has 2 unspecified atom stereocenters. The third-order valence-electron chi connectivity index (χ3n) is 2.66. The van der Waals surface area contributed by atoms with Crippen LogP contribution in [-0.4, -0.2) is 27.3 Å². The second-order valence-corrected chi connectivity index (χ2v) is 4.97. The zero-order valence-electron chi connectivity index (χ0n) is 6.42. The Hall–Kier alpha value is 0.200. The Morgan fingerprint density at radius 3 is 3.00 bits per heavy atom. The summed E-state index contributed by atoms with van der Waals surface area (Å²) in [5.41, 5.74) is 0. The fourth-order valence-corrected chi connectivity index (χ4v) is 3.19. The summed E-state index contributed by atoms with van der Waals surface area (Å²) < 4.78 is 0.584. The average molecular weight is 265 g/mol. The van der Waals surface area contributed by atoms with Gasteiger partial charge in [0, 0.05) is 22.9 Å². The van der Waals surface area contributed by atoms with Gasteiger partial charge in [-0.1, -0.05) is 22.6 Å². The second-order valence-electron chi connectivity index (χ2n) is 3.37. The van der Waals surface area contributed by atoms with Crippen molar-refractivity contribution in [3.05, 3.63) is 0 Å². The molecule has 2 atom stereocenters. The molecule has 2 fully saturated rings. The summed E-state index contributed by atoms with van der Waals surface area (Å²) in [6, 6.07) is 0.580. The SMILES string of the molecule is O=C1CC(I)C2CCCCN12. The summed E-state index contributed by atoms with van der Waals surface area (Å²) in [4.78, 5) is 13.4. The first-order chi connectivity index (χ1) is 5.29. The Morgan fingerprint density at radius 1 is 1.45 bits per heavy atom. The minimum Gasteiger partial charge on any atom is -0.339 e. The predicted molar refractivity (Wildman–Crippen MR) is 51.8 cm³/mol. The molecule has 2 saturated heterocycles. The van der Waals surface area contributed by atoms with Gasteiger partial charge in [0.25, 0.3) is 0 Å². The normalized spacial score (nSPS) is 37.5. The molecule has 2 nitrogen and oxygen atoms in total. The predicted octanol–water partition coefficient (Wildman–Crippen LogP) is 1.57. The van der Waals surface area contributed by atoms with Crippen molar-refractivity contribution >= 4 is 28.5 Å². The molecule has 2 aliphatic rings. The van der Waals surface area contributed by atoms with Crippen LogP contribution in [0.3, 0.4) is 0 Å². The van der Waals surface area contributed by atoms with Gasteiger partial charge in [-0.3, -0.25) is 4.79 Å². The van der Waals surface area contributed by atoms with E-state index in [1.165, 1.54) is 19.3 Å². The van der Waals surface area contributed by atoms with E-state index < -0.39 is 0 Å². The smallest absolute Gasteiger partial charge is 0.223 e. The molecular formula is C8H12INO. The summed E-state index contributed by atoms with van der Waals surface area (Å²) >= 11 is 2.42. The molecule has 11 heavy (non-hydrogen) atoms. The van der Waals surface area contributed by atoms with Crippen molar-refractivity contribution in [1.29, 1.82) is 0 Å². The lowest BCUT2D eigenvalue weighted by atomic mass is 10.0. The maximum Gasteiger partial charge on any atom is 0.223 e. The van der Waals surface area contributed by atoms with E-state index in [4.69, 9.17) is 0 Å². The van der Waals surface area contributed by atoms with Gasteiger partial charge >= 0.3 is 0 Å². The van der Waals surface area contributed by atoms with Gasteiger partial charge in [0.2, 0.25) is 5.91 Å². The van der Waals surface area contributed by atoms with Crippen LogP contribution >= 0.6 is 22.6 Å². The van der Waals surface area contributed by atoms with Gasteiger partial charge in [-0.05, 0) is 19.3 Å². The van der Waals surface area contributed by atoms with Crippen LogP contribution in [0, 0.1) is 0 Å². The van der Waals surface area contributed by atoms with E-state index >= 15 is 0 Å². The fraction of sp³-hybridized carbons (Fsp3) is 0.875. The van der Waals surface area contributed by atoms with E-state index in [1.54, 1.807) is 0 Å². The lowest BCUT2D eigenvalue weighted by molar-refractivity contribution is -0.129. The van der Waals surface area contributed by atoms with E-state index in [-0.39, 0.29) is 0 Å². The Labute approximate surface area is 80.5 Å². The first-order valence-corrected chi connectivity index (χ1v) is 5.47. The number of carbonyl (C=O) groups excluding carboxylic acids is 1. The van der Waals surface area contributed by atoms with Crippen molar-refractivity contribution in [3.8, 4) is 0 Å². The quantitative estimate of drug-likeness (QED) is 0.481. The highest BCUT2D eigenvalue weighted by molar-refractivity contribution is 14.1. The molecule has 0 spiro atoms. The van der Waals surface area contributed by atoms with Crippen LogP contribution < -0.4 is 0 Å². The molecule has 62 valence electrons. The number of rotatable bonds is 0. The van der Waals surface area contributed by atoms with Gasteiger partial charge in [0.15, 0.2) is 0 Å². The van der Waals surface area contributed by atoms with E-state index in [0.29, 0.717) is 15.9 Å². The number of hydrogen-bond acceptors (Lipinski definition) is 1. The summed E-state index contributed by atoms with van der Waals surface area (Å²) in [6.45, 7) is 1.02. The maximum absolute atomic E-state index is 11.3. The van der Waals surface area contributed by atoms with Crippen LogP contribution in [0.5, 0.6) is 0 Å². The first kappa shape index (κ1) is 7.83. The molecule has 2 heterocycles. The number of alkyl halides is 1. The lowest BCUT2D eigenvalue weighted by Gasteiger charge is -2.30. The Morgan fingerprint density at radius 2 is 2.27 bits per heavy atom. The average Bonchev–Trinajstić information content (AvgIpc) is 2.30. The van der Waals surface area contributed by atoms with Gasteiger partial charge in [0.05, 0.1) is 0 Å². The molecule has 0 aromatic carbocycles. The van der Waals surface area contributed by atoms with Gasteiger partial charge < -0.3 is 4.90 Å². The van der Waals surface area contributed by atoms with Crippen molar-refractivity contribution < 1.29 is 4.79 Å². The number of nitrogens with zero attached hydrogens (tertiary/aromatic N) is 1. The van der Waals surface area contributed by atoms with Gasteiger partial charge in [-0.15, -0.1) is 0 Å². The highest BCUT2D eigenvalue weighted by Gasteiger charge is 2.38. The highest BCUT2D eigenvalue weighted by atomic mass is 127. The monoisotopic (exact) mass is 265 g/mol. The van der Waals surface area contributed by atoms with Crippen molar-refractivity contribution in [2.75, 3.05) is 6.54 Å². The van der Waals surface area contributed by atoms with Crippen LogP contribution in [0.15, 0.2) is 0 Å². The number of piperidine rings is 1. The van der Waals surface area contributed by atoms with Crippen LogP contribution in [0.1, 0.15) is 25.7 Å². The molecule has 0 aromatic heterocycles. The van der Waals surface area contributed by atoms with Gasteiger partial charge in [0.1, 0.15) is 0 Å². The van der Waals surface area contributed by atoms with Crippen LogP contribution in [-0.2, 0) is 4.79 Å². The number of amides is 1. The Bertz CT molecular complexity index is 183. The maximum atomic E-state index is 11.3. The Kier molecular flexibility index (Phi) is 2.08. The molecule has 3 heteroatoms. The van der Waals surface area contributed by atoms with E-state index in [1.807, 2.05) is 0 Å². The lowest BCUT2D eigenvalue weighted by Crippen LogP contribution is -2.39. The number of carbonyl (C=O) groups is 1. The third kappa shape index (κ3) is 1.27. The molecule has 1 amide bonds. The standard InChI is InChI=1S/C8H12INO/c9-6-5-8(11)10-4-2-1-3-7(6)10/h6-7H,1-5H2. The molecule has 2 aliphatic heterocycles. The molecule has 0 N–H and O–H groups in total. The summed E-state index contributed by atoms with van der Waals surface area (Å²) in [6.07, 6.45) is 4.55. The zero-order chi connectivity index (χ0) is 7.84. The van der Waals surface area contributed by atoms with Crippen molar-refractivity contribution in [2.24, 2.45) is 0 Å². The van der Waals surface area contributed by atoms with Crippen molar-refractivity contribution in [1.82, 2.24) is 4.90 Å². The van der Waals surface area contributed by atoms with Crippen molar-refractivity contribution in [3.63, 3.8) is 0 Å². The summed E-state index contributed by atoms with van der Waals surface area (Å²) in [7, 11) is 0. The molecule has 2 rings (SSSR count). The van der Waals surface area contributed by atoms with Crippen LogP contribution in [0.2, 0.25) is 0 Å². The molecule has 0 bridgehead atoms. The topological polar surface area (TPSA) is 20.3 Å². The van der Waals surface area contributed by atoms with Crippen molar-refractivity contribution in [2.45, 2.75) is 35.6 Å². The minimum atomic E-state index is 0.383. The molecule has 0 aromatic rings. The largest absolute Gasteiger partial charge is 0.339 e. The van der Waals surface area contributed by atoms with Crippen LogP contribution in [0.4, 0.5) is 0 Å². The Balaban J connectivity index is 2.13. The first-order valence-electron chi connectivity index (χ1n) is 4.22. The van der Waals surface area contributed by atoms with E-state index in [2.05, 4.69) is 27.5 Å².